The first kappa shape index (κ1) is 22.0. The van der Waals surface area contributed by atoms with Crippen LogP contribution < -0.4 is 0 Å². The van der Waals surface area contributed by atoms with Gasteiger partial charge in [0.15, 0.2) is 0 Å². The van der Waals surface area contributed by atoms with Crippen LogP contribution in [-0.2, 0) is 0 Å². The Hall–Kier alpha value is -0.0800. The highest BCUT2D eigenvalue weighted by Gasteiger charge is 2.21. The number of hydrogen-bond donors (Lipinski definition) is 0. The molecule has 0 N–H and O–H groups in total. The molecule has 2 rings (SSSR count). The maximum atomic E-state index is 2.61. The van der Waals surface area contributed by atoms with Crippen molar-refractivity contribution in [2.45, 2.75) is 99.1 Å². The molecule has 1 aliphatic heterocycles. The normalized spacial score (nSPS) is 27.9. The molecule has 1 atom stereocenters. The molecular weight excluding hydrogens is 292 g/mol. The van der Waals surface area contributed by atoms with Gasteiger partial charge in [-0.3, -0.25) is 9.80 Å². The minimum Gasteiger partial charge on any atom is -0.298 e. The first-order valence-corrected chi connectivity index (χ1v) is 10.8. The van der Waals surface area contributed by atoms with Crippen LogP contribution in [-0.4, -0.2) is 48.1 Å². The van der Waals surface area contributed by atoms with E-state index in [2.05, 4.69) is 58.3 Å². The van der Waals surface area contributed by atoms with Gasteiger partial charge in [0.05, 0.1) is 0 Å². The molecule has 1 unspecified atom stereocenters. The molecule has 144 valence electrons. The van der Waals surface area contributed by atoms with E-state index >= 15 is 0 Å². The Morgan fingerprint density at radius 1 is 0.792 bits per heavy atom. The molecule has 2 heteroatoms. The van der Waals surface area contributed by atoms with E-state index in [4.69, 9.17) is 0 Å². The highest BCUT2D eigenvalue weighted by molar-refractivity contribution is 4.77. The Morgan fingerprint density at radius 3 is 1.71 bits per heavy atom. The zero-order valence-corrected chi connectivity index (χ0v) is 17.9. The molecule has 2 aliphatic rings. The van der Waals surface area contributed by atoms with Crippen LogP contribution in [0.3, 0.4) is 0 Å². The SMILES string of the molecule is CC(C)CC1CCC(C)CC1.CCC(C)N1CCN(C(C)C)CC1. The smallest absolute Gasteiger partial charge is 0.0113 e. The van der Waals surface area contributed by atoms with Crippen LogP contribution in [0.4, 0.5) is 0 Å². The third-order valence-electron chi connectivity index (χ3n) is 6.23. The second kappa shape index (κ2) is 11.5. The van der Waals surface area contributed by atoms with Crippen LogP contribution >= 0.6 is 0 Å². The molecule has 0 amide bonds. The van der Waals surface area contributed by atoms with E-state index in [9.17, 15) is 0 Å². The second-order valence-electron chi connectivity index (χ2n) is 9.18. The quantitative estimate of drug-likeness (QED) is 0.637. The molecule has 0 aromatic heterocycles. The Kier molecular flexibility index (Phi) is 10.5. The zero-order valence-electron chi connectivity index (χ0n) is 17.9. The lowest BCUT2D eigenvalue weighted by Crippen LogP contribution is -2.51. The topological polar surface area (TPSA) is 6.48 Å². The van der Waals surface area contributed by atoms with Crippen molar-refractivity contribution in [3.05, 3.63) is 0 Å². The van der Waals surface area contributed by atoms with Crippen molar-refractivity contribution >= 4 is 0 Å². The molecule has 0 spiro atoms. The summed E-state index contributed by atoms with van der Waals surface area (Å²) in [5, 5.41) is 0. The largest absolute Gasteiger partial charge is 0.298 e. The van der Waals surface area contributed by atoms with Gasteiger partial charge >= 0.3 is 0 Å². The molecule has 0 bridgehead atoms. The van der Waals surface area contributed by atoms with Gasteiger partial charge in [0.1, 0.15) is 0 Å². The van der Waals surface area contributed by atoms with Crippen molar-refractivity contribution in [1.82, 2.24) is 9.80 Å². The summed E-state index contributed by atoms with van der Waals surface area (Å²) in [7, 11) is 0. The predicted molar refractivity (Wildman–Crippen MR) is 109 cm³/mol. The number of piperazine rings is 1. The van der Waals surface area contributed by atoms with E-state index in [1.807, 2.05) is 0 Å². The summed E-state index contributed by atoms with van der Waals surface area (Å²) in [5.74, 6) is 2.98. The molecule has 0 aromatic rings. The van der Waals surface area contributed by atoms with Crippen LogP contribution in [0.5, 0.6) is 0 Å². The third-order valence-corrected chi connectivity index (χ3v) is 6.23. The first-order valence-electron chi connectivity index (χ1n) is 10.8. The fourth-order valence-electron chi connectivity index (χ4n) is 4.18. The summed E-state index contributed by atoms with van der Waals surface area (Å²) < 4.78 is 0. The van der Waals surface area contributed by atoms with Crippen molar-refractivity contribution in [2.75, 3.05) is 26.2 Å². The maximum Gasteiger partial charge on any atom is 0.0113 e. The van der Waals surface area contributed by atoms with E-state index in [1.165, 1.54) is 64.7 Å². The van der Waals surface area contributed by atoms with Gasteiger partial charge in [-0.15, -0.1) is 0 Å². The standard InChI is InChI=1S/C11H24N2.C11H22/c1-5-11(4)13-8-6-12(7-9-13)10(2)3;1-9(2)8-11-6-4-10(3)5-7-11/h10-11H,5-9H2,1-4H3;9-11H,4-8H2,1-3H3. The average Bonchev–Trinajstić information content (AvgIpc) is 2.56. The Labute approximate surface area is 153 Å². The van der Waals surface area contributed by atoms with E-state index in [1.54, 1.807) is 0 Å². The summed E-state index contributed by atoms with van der Waals surface area (Å²) in [5.41, 5.74) is 0. The van der Waals surface area contributed by atoms with Gasteiger partial charge in [0.2, 0.25) is 0 Å². The van der Waals surface area contributed by atoms with Crippen molar-refractivity contribution in [1.29, 1.82) is 0 Å². The summed E-state index contributed by atoms with van der Waals surface area (Å²) >= 11 is 0. The highest BCUT2D eigenvalue weighted by atomic mass is 15.3. The monoisotopic (exact) mass is 338 g/mol. The third kappa shape index (κ3) is 8.34. The lowest BCUT2D eigenvalue weighted by molar-refractivity contribution is 0.0822. The van der Waals surface area contributed by atoms with E-state index < -0.39 is 0 Å². The van der Waals surface area contributed by atoms with Crippen molar-refractivity contribution in [3.63, 3.8) is 0 Å². The second-order valence-corrected chi connectivity index (χ2v) is 9.18. The Morgan fingerprint density at radius 2 is 1.29 bits per heavy atom. The van der Waals surface area contributed by atoms with Crippen LogP contribution in [0.2, 0.25) is 0 Å². The van der Waals surface area contributed by atoms with Crippen LogP contribution in [0, 0.1) is 17.8 Å². The predicted octanol–water partition coefficient (Wildman–Crippen LogP) is 5.67. The molecule has 1 aliphatic carbocycles. The van der Waals surface area contributed by atoms with Gasteiger partial charge in [0, 0.05) is 38.3 Å². The molecule has 2 fully saturated rings. The summed E-state index contributed by atoms with van der Waals surface area (Å²) in [6.45, 7) is 21.3. The van der Waals surface area contributed by atoms with Gasteiger partial charge in [0.25, 0.3) is 0 Å². The molecule has 1 heterocycles. The van der Waals surface area contributed by atoms with E-state index in [0.717, 1.165) is 29.8 Å². The molecule has 1 saturated carbocycles. The highest BCUT2D eigenvalue weighted by Crippen LogP contribution is 2.32. The van der Waals surface area contributed by atoms with Gasteiger partial charge in [-0.1, -0.05) is 53.4 Å². The molecule has 24 heavy (non-hydrogen) atoms. The van der Waals surface area contributed by atoms with Crippen LogP contribution in [0.25, 0.3) is 0 Å². The zero-order chi connectivity index (χ0) is 18.1. The minimum absolute atomic E-state index is 0.721. The Bertz CT molecular complexity index is 297. The van der Waals surface area contributed by atoms with Crippen molar-refractivity contribution in [2.24, 2.45) is 17.8 Å². The summed E-state index contributed by atoms with van der Waals surface area (Å²) in [6.07, 6.45) is 8.71. The summed E-state index contributed by atoms with van der Waals surface area (Å²) in [6, 6.07) is 1.49. The maximum absolute atomic E-state index is 2.61. The minimum atomic E-state index is 0.721. The van der Waals surface area contributed by atoms with Gasteiger partial charge in [-0.25, -0.2) is 0 Å². The number of nitrogens with zero attached hydrogens (tertiary/aromatic N) is 2. The van der Waals surface area contributed by atoms with E-state index in [-0.39, 0.29) is 0 Å². The first-order chi connectivity index (χ1) is 11.3. The fraction of sp³-hybridized carbons (Fsp3) is 1.00. The molecule has 1 saturated heterocycles. The van der Waals surface area contributed by atoms with Crippen LogP contribution in [0.15, 0.2) is 0 Å². The van der Waals surface area contributed by atoms with Crippen molar-refractivity contribution < 1.29 is 0 Å². The van der Waals surface area contributed by atoms with Gasteiger partial charge in [-0.2, -0.15) is 0 Å². The van der Waals surface area contributed by atoms with Crippen LogP contribution in [0.1, 0.15) is 87.0 Å². The van der Waals surface area contributed by atoms with Gasteiger partial charge < -0.3 is 0 Å². The van der Waals surface area contributed by atoms with Crippen molar-refractivity contribution in [3.8, 4) is 0 Å². The molecule has 2 nitrogen and oxygen atoms in total. The number of rotatable bonds is 5. The summed E-state index contributed by atoms with van der Waals surface area (Å²) in [4.78, 5) is 5.18. The average molecular weight is 339 g/mol. The van der Waals surface area contributed by atoms with Gasteiger partial charge in [-0.05, 0) is 51.4 Å². The lowest BCUT2D eigenvalue weighted by Gasteiger charge is -2.39. The molecular formula is C22H46N2. The number of hydrogen-bond acceptors (Lipinski definition) is 2. The molecule has 0 radical (unpaired) electrons. The van der Waals surface area contributed by atoms with E-state index in [0.29, 0.717) is 0 Å². The Balaban J connectivity index is 0.000000243. The fourth-order valence-corrected chi connectivity index (χ4v) is 4.18. The lowest BCUT2D eigenvalue weighted by atomic mass is 9.79. The molecule has 0 aromatic carbocycles.